The van der Waals surface area contributed by atoms with Crippen LogP contribution >= 0.6 is 0 Å². The van der Waals surface area contributed by atoms with Crippen LogP contribution in [0, 0.1) is 0 Å². The highest BCUT2D eigenvalue weighted by Crippen LogP contribution is 2.11. The number of hydrogen-bond acceptors (Lipinski definition) is 4. The third-order valence-electron chi connectivity index (χ3n) is 1.95. The SMILES string of the molecule is CCNC(=O)NC(=O)COc1cccc(C=O)c1. The number of hydrogen-bond donors (Lipinski definition) is 2. The molecule has 0 aliphatic heterocycles. The molecular weight excluding hydrogens is 236 g/mol. The molecule has 0 aliphatic rings. The van der Waals surface area contributed by atoms with E-state index in [9.17, 15) is 14.4 Å². The van der Waals surface area contributed by atoms with Gasteiger partial charge in [0, 0.05) is 12.1 Å². The smallest absolute Gasteiger partial charge is 0.321 e. The van der Waals surface area contributed by atoms with Gasteiger partial charge in [0.25, 0.3) is 5.91 Å². The maximum atomic E-state index is 11.3. The first kappa shape index (κ1) is 13.7. The summed E-state index contributed by atoms with van der Waals surface area (Å²) in [6, 6.07) is 5.82. The summed E-state index contributed by atoms with van der Waals surface area (Å²) in [6.07, 6.45) is 0.682. The van der Waals surface area contributed by atoms with Crippen LogP contribution in [0.25, 0.3) is 0 Å². The van der Waals surface area contributed by atoms with Crippen molar-refractivity contribution in [3.05, 3.63) is 29.8 Å². The Balaban J connectivity index is 2.42. The maximum Gasteiger partial charge on any atom is 0.321 e. The van der Waals surface area contributed by atoms with E-state index >= 15 is 0 Å². The molecule has 0 bridgehead atoms. The maximum absolute atomic E-state index is 11.3. The van der Waals surface area contributed by atoms with Crippen molar-refractivity contribution in [1.82, 2.24) is 10.6 Å². The third kappa shape index (κ3) is 4.65. The molecule has 0 heterocycles. The van der Waals surface area contributed by atoms with Gasteiger partial charge in [-0.1, -0.05) is 12.1 Å². The number of imide groups is 1. The van der Waals surface area contributed by atoms with E-state index in [0.29, 0.717) is 24.1 Å². The van der Waals surface area contributed by atoms with Gasteiger partial charge < -0.3 is 10.1 Å². The van der Waals surface area contributed by atoms with Crippen LogP contribution in [0.15, 0.2) is 24.3 Å². The summed E-state index contributed by atoms with van der Waals surface area (Å²) < 4.78 is 5.14. The van der Waals surface area contributed by atoms with Gasteiger partial charge in [0.2, 0.25) is 0 Å². The average molecular weight is 250 g/mol. The van der Waals surface area contributed by atoms with Crippen LogP contribution < -0.4 is 15.4 Å². The van der Waals surface area contributed by atoms with Gasteiger partial charge in [-0.2, -0.15) is 0 Å². The lowest BCUT2D eigenvalue weighted by Crippen LogP contribution is -2.41. The van der Waals surface area contributed by atoms with E-state index in [1.165, 1.54) is 6.07 Å². The summed E-state index contributed by atoms with van der Waals surface area (Å²) in [4.78, 5) is 32.8. The minimum Gasteiger partial charge on any atom is -0.484 e. The number of urea groups is 1. The van der Waals surface area contributed by atoms with Gasteiger partial charge in [0.15, 0.2) is 6.61 Å². The van der Waals surface area contributed by atoms with E-state index in [1.54, 1.807) is 25.1 Å². The van der Waals surface area contributed by atoms with Gasteiger partial charge in [0.05, 0.1) is 0 Å². The number of carbonyl (C=O) groups is 3. The van der Waals surface area contributed by atoms with Gasteiger partial charge in [0.1, 0.15) is 12.0 Å². The normalized spacial score (nSPS) is 9.39. The van der Waals surface area contributed by atoms with Gasteiger partial charge in [-0.05, 0) is 19.1 Å². The van der Waals surface area contributed by atoms with Crippen molar-refractivity contribution >= 4 is 18.2 Å². The molecule has 0 aliphatic carbocycles. The minimum absolute atomic E-state index is 0.292. The van der Waals surface area contributed by atoms with Crippen molar-refractivity contribution in [2.75, 3.05) is 13.2 Å². The zero-order valence-corrected chi connectivity index (χ0v) is 9.93. The largest absolute Gasteiger partial charge is 0.484 e. The summed E-state index contributed by atoms with van der Waals surface area (Å²) in [5, 5.41) is 4.52. The van der Waals surface area contributed by atoms with Crippen LogP contribution in [-0.4, -0.2) is 31.4 Å². The van der Waals surface area contributed by atoms with Crippen molar-refractivity contribution in [3.63, 3.8) is 0 Å². The van der Waals surface area contributed by atoms with Crippen molar-refractivity contribution in [2.45, 2.75) is 6.92 Å². The number of ether oxygens (including phenoxy) is 1. The third-order valence-corrected chi connectivity index (χ3v) is 1.95. The Morgan fingerprint density at radius 3 is 2.83 bits per heavy atom. The highest BCUT2D eigenvalue weighted by molar-refractivity contribution is 5.94. The van der Waals surface area contributed by atoms with Crippen molar-refractivity contribution < 1.29 is 19.1 Å². The van der Waals surface area contributed by atoms with Gasteiger partial charge in [-0.25, -0.2) is 4.79 Å². The summed E-state index contributed by atoms with van der Waals surface area (Å²) in [5.41, 5.74) is 0.455. The van der Waals surface area contributed by atoms with Crippen LogP contribution in [0.3, 0.4) is 0 Å². The molecular formula is C12H14N2O4. The van der Waals surface area contributed by atoms with Crippen molar-refractivity contribution in [1.29, 1.82) is 0 Å². The second-order valence-corrected chi connectivity index (χ2v) is 3.39. The molecule has 0 unspecified atom stereocenters. The molecule has 2 N–H and O–H groups in total. The van der Waals surface area contributed by atoms with Crippen LogP contribution in [0.1, 0.15) is 17.3 Å². The lowest BCUT2D eigenvalue weighted by Gasteiger charge is -2.07. The van der Waals surface area contributed by atoms with Crippen molar-refractivity contribution in [2.24, 2.45) is 0 Å². The lowest BCUT2D eigenvalue weighted by molar-refractivity contribution is -0.122. The standard InChI is InChI=1S/C12H14N2O4/c1-2-13-12(17)14-11(16)8-18-10-5-3-4-9(6-10)7-15/h3-7H,2,8H2,1H3,(H2,13,14,16,17). The molecule has 0 aromatic heterocycles. The van der Waals surface area contributed by atoms with Crippen molar-refractivity contribution in [3.8, 4) is 5.75 Å². The Bertz CT molecular complexity index is 445. The lowest BCUT2D eigenvalue weighted by atomic mass is 10.2. The van der Waals surface area contributed by atoms with E-state index in [4.69, 9.17) is 4.74 Å². The molecule has 6 heteroatoms. The zero-order valence-electron chi connectivity index (χ0n) is 9.93. The Morgan fingerprint density at radius 2 is 2.17 bits per heavy atom. The number of amides is 3. The monoisotopic (exact) mass is 250 g/mol. The number of nitrogens with one attached hydrogen (secondary N) is 2. The highest BCUT2D eigenvalue weighted by atomic mass is 16.5. The summed E-state index contributed by atoms with van der Waals surface area (Å²) in [7, 11) is 0. The molecule has 1 rings (SSSR count). The Morgan fingerprint density at radius 1 is 1.39 bits per heavy atom. The zero-order chi connectivity index (χ0) is 13.4. The topological polar surface area (TPSA) is 84.5 Å². The van der Waals surface area contributed by atoms with Gasteiger partial charge in [-0.3, -0.25) is 14.9 Å². The number of carbonyl (C=O) groups excluding carboxylic acids is 3. The molecule has 1 aromatic carbocycles. The van der Waals surface area contributed by atoms with Crippen LogP contribution in [0.5, 0.6) is 5.75 Å². The molecule has 0 atom stereocenters. The Kier molecular flexibility index (Phi) is 5.37. The van der Waals surface area contributed by atoms with E-state index in [-0.39, 0.29) is 6.61 Å². The second kappa shape index (κ2) is 7.05. The molecule has 6 nitrogen and oxygen atoms in total. The molecule has 96 valence electrons. The number of benzene rings is 1. The van der Waals surface area contributed by atoms with Crippen LogP contribution in [-0.2, 0) is 4.79 Å². The first-order valence-corrected chi connectivity index (χ1v) is 5.41. The molecule has 0 spiro atoms. The first-order valence-electron chi connectivity index (χ1n) is 5.41. The summed E-state index contributed by atoms with van der Waals surface area (Å²) in [6.45, 7) is 1.88. The number of rotatable bonds is 5. The Hall–Kier alpha value is -2.37. The fourth-order valence-electron chi connectivity index (χ4n) is 1.19. The highest BCUT2D eigenvalue weighted by Gasteiger charge is 2.07. The predicted molar refractivity (Wildman–Crippen MR) is 64.5 cm³/mol. The molecule has 0 saturated heterocycles. The van der Waals surface area contributed by atoms with Crippen LogP contribution in [0.2, 0.25) is 0 Å². The summed E-state index contributed by atoms with van der Waals surface area (Å²) >= 11 is 0. The summed E-state index contributed by atoms with van der Waals surface area (Å²) in [5.74, 6) is -0.164. The molecule has 1 aromatic rings. The molecule has 18 heavy (non-hydrogen) atoms. The minimum atomic E-state index is -0.562. The van der Waals surface area contributed by atoms with E-state index < -0.39 is 11.9 Å². The van der Waals surface area contributed by atoms with Gasteiger partial charge >= 0.3 is 6.03 Å². The average Bonchev–Trinajstić information content (AvgIpc) is 2.37. The van der Waals surface area contributed by atoms with E-state index in [2.05, 4.69) is 10.6 Å². The van der Waals surface area contributed by atoms with E-state index in [0.717, 1.165) is 0 Å². The molecule has 0 fully saturated rings. The fourth-order valence-corrected chi connectivity index (χ4v) is 1.19. The molecule has 0 saturated carbocycles. The second-order valence-electron chi connectivity index (χ2n) is 3.39. The van der Waals surface area contributed by atoms with E-state index in [1.807, 2.05) is 0 Å². The molecule has 0 radical (unpaired) electrons. The van der Waals surface area contributed by atoms with Gasteiger partial charge in [-0.15, -0.1) is 0 Å². The Labute approximate surface area is 104 Å². The predicted octanol–water partition coefficient (Wildman–Crippen LogP) is 0.724. The van der Waals surface area contributed by atoms with Crippen LogP contribution in [0.4, 0.5) is 4.79 Å². The number of aldehydes is 1. The fraction of sp³-hybridized carbons (Fsp3) is 0.250. The molecule has 3 amide bonds. The quantitative estimate of drug-likeness (QED) is 0.754. The first-order chi connectivity index (χ1) is 8.65.